The molecule has 0 spiro atoms. The number of carbonyl (C=O) groups excluding carboxylic acids is 1. The number of carbonyl (C=O) groups is 1. The van der Waals surface area contributed by atoms with Crippen LogP contribution in [0.15, 0.2) is 55.0 Å². The van der Waals surface area contributed by atoms with Crippen LogP contribution in [0.3, 0.4) is 0 Å². The molecule has 38 heavy (non-hydrogen) atoms. The van der Waals surface area contributed by atoms with Crippen molar-refractivity contribution < 1.29 is 14.3 Å². The Morgan fingerprint density at radius 3 is 2.71 bits per heavy atom. The predicted octanol–water partition coefficient (Wildman–Crippen LogP) is 3.49. The number of aryl methyl sites for hydroxylation is 1. The van der Waals surface area contributed by atoms with Crippen LogP contribution in [0, 0.1) is 6.92 Å². The van der Waals surface area contributed by atoms with Gasteiger partial charge in [-0.2, -0.15) is 5.10 Å². The van der Waals surface area contributed by atoms with E-state index in [1.54, 1.807) is 18.3 Å². The van der Waals surface area contributed by atoms with Gasteiger partial charge in [-0.1, -0.05) is 0 Å². The van der Waals surface area contributed by atoms with Crippen LogP contribution in [0.4, 0.5) is 11.6 Å². The fourth-order valence-corrected chi connectivity index (χ4v) is 5.15. The fraction of sp³-hybridized carbons (Fsp3) is 0.357. The average molecular weight is 514 g/mol. The van der Waals surface area contributed by atoms with Crippen molar-refractivity contribution in [1.29, 1.82) is 0 Å². The molecule has 0 radical (unpaired) electrons. The second kappa shape index (κ2) is 10.4. The third-order valence-corrected chi connectivity index (χ3v) is 6.90. The topological polar surface area (TPSA) is 115 Å². The largest absolute Gasteiger partial charge is 0.488 e. The van der Waals surface area contributed by atoms with E-state index in [2.05, 4.69) is 43.1 Å². The molecule has 2 bridgehead atoms. The summed E-state index contributed by atoms with van der Waals surface area (Å²) in [5, 5.41) is 14.2. The first-order valence-corrected chi connectivity index (χ1v) is 13.0. The quantitative estimate of drug-likeness (QED) is 0.344. The number of piperidine rings is 1. The number of amides is 1. The minimum atomic E-state index is -0.140. The molecule has 0 aliphatic carbocycles. The molecule has 3 atom stereocenters. The summed E-state index contributed by atoms with van der Waals surface area (Å²) in [7, 11) is 0. The van der Waals surface area contributed by atoms with Crippen molar-refractivity contribution in [2.24, 2.45) is 0 Å². The molecule has 2 aliphatic heterocycles. The van der Waals surface area contributed by atoms with E-state index in [1.807, 2.05) is 42.9 Å². The van der Waals surface area contributed by atoms with Gasteiger partial charge in [0.1, 0.15) is 17.7 Å². The SMILES string of the molecule is CCNC(=O)c1ccc(Nc2cc3cc(-c4cc(C)ncc4O[C@H]4C[C@H]5COC[C@@H](C4)N5)ccn3n2)nc1. The van der Waals surface area contributed by atoms with Gasteiger partial charge in [-0.25, -0.2) is 9.50 Å². The summed E-state index contributed by atoms with van der Waals surface area (Å²) in [6, 6.07) is 12.3. The van der Waals surface area contributed by atoms with E-state index in [4.69, 9.17) is 9.47 Å². The molecule has 0 unspecified atom stereocenters. The molecule has 2 saturated heterocycles. The van der Waals surface area contributed by atoms with Crippen molar-refractivity contribution in [3.63, 3.8) is 0 Å². The highest BCUT2D eigenvalue weighted by atomic mass is 16.5. The number of nitrogens with one attached hydrogen (secondary N) is 3. The van der Waals surface area contributed by atoms with Crippen LogP contribution in [0.5, 0.6) is 5.75 Å². The van der Waals surface area contributed by atoms with Gasteiger partial charge in [0.15, 0.2) is 5.82 Å². The molecule has 3 N–H and O–H groups in total. The Morgan fingerprint density at radius 1 is 1.11 bits per heavy atom. The molecule has 6 heterocycles. The predicted molar refractivity (Wildman–Crippen MR) is 144 cm³/mol. The lowest BCUT2D eigenvalue weighted by molar-refractivity contribution is -0.0122. The molecule has 10 heteroatoms. The Bertz CT molecular complexity index is 1440. The van der Waals surface area contributed by atoms with Crippen molar-refractivity contribution in [3.05, 3.63) is 66.2 Å². The highest BCUT2D eigenvalue weighted by Gasteiger charge is 2.33. The van der Waals surface area contributed by atoms with E-state index in [-0.39, 0.29) is 12.0 Å². The number of pyridine rings is 3. The van der Waals surface area contributed by atoms with Crippen LogP contribution in [-0.2, 0) is 4.74 Å². The van der Waals surface area contributed by atoms with Gasteiger partial charge in [-0.3, -0.25) is 9.78 Å². The average Bonchev–Trinajstić information content (AvgIpc) is 3.31. The molecule has 4 aromatic rings. The first-order chi connectivity index (χ1) is 18.5. The maximum absolute atomic E-state index is 12.0. The molecular weight excluding hydrogens is 482 g/mol. The highest BCUT2D eigenvalue weighted by Crippen LogP contribution is 2.34. The molecule has 2 fully saturated rings. The van der Waals surface area contributed by atoms with E-state index in [0.717, 1.165) is 54.1 Å². The number of rotatable bonds is 7. The molecular formula is C28H31N7O3. The summed E-state index contributed by atoms with van der Waals surface area (Å²) in [4.78, 5) is 20.8. The number of morpholine rings is 1. The number of hydrogen-bond acceptors (Lipinski definition) is 8. The van der Waals surface area contributed by atoms with Crippen LogP contribution in [0.2, 0.25) is 0 Å². The fourth-order valence-electron chi connectivity index (χ4n) is 5.15. The zero-order valence-electron chi connectivity index (χ0n) is 21.5. The summed E-state index contributed by atoms with van der Waals surface area (Å²) in [5.74, 6) is 1.92. The Kier molecular flexibility index (Phi) is 6.65. The van der Waals surface area contributed by atoms with Crippen molar-refractivity contribution in [2.45, 2.75) is 44.9 Å². The Balaban J connectivity index is 1.22. The Hall–Kier alpha value is -4.02. The molecule has 1 amide bonds. The summed E-state index contributed by atoms with van der Waals surface area (Å²) in [5.41, 5.74) is 4.42. The number of fused-ring (bicyclic) bond motifs is 3. The zero-order chi connectivity index (χ0) is 26.1. The normalized spacial score (nSPS) is 20.7. The molecule has 6 rings (SSSR count). The van der Waals surface area contributed by atoms with Gasteiger partial charge >= 0.3 is 0 Å². The van der Waals surface area contributed by atoms with E-state index in [1.165, 1.54) is 0 Å². The van der Waals surface area contributed by atoms with E-state index in [0.29, 0.717) is 35.8 Å². The van der Waals surface area contributed by atoms with Crippen LogP contribution < -0.4 is 20.7 Å². The number of nitrogens with zero attached hydrogens (tertiary/aromatic N) is 4. The van der Waals surface area contributed by atoms with Gasteiger partial charge in [0.05, 0.1) is 30.5 Å². The number of ether oxygens (including phenoxy) is 2. The second-order valence-corrected chi connectivity index (χ2v) is 9.86. The summed E-state index contributed by atoms with van der Waals surface area (Å²) < 4.78 is 14.0. The molecule has 196 valence electrons. The molecule has 0 saturated carbocycles. The molecule has 4 aromatic heterocycles. The van der Waals surface area contributed by atoms with Gasteiger partial charge in [0.2, 0.25) is 0 Å². The monoisotopic (exact) mass is 513 g/mol. The van der Waals surface area contributed by atoms with Crippen molar-refractivity contribution >= 4 is 23.1 Å². The third kappa shape index (κ3) is 5.18. The first kappa shape index (κ1) is 24.3. The molecule has 10 nitrogen and oxygen atoms in total. The number of hydrogen-bond donors (Lipinski definition) is 3. The Labute approximate surface area is 220 Å². The minimum Gasteiger partial charge on any atom is -0.488 e. The second-order valence-electron chi connectivity index (χ2n) is 9.86. The summed E-state index contributed by atoms with van der Waals surface area (Å²) in [6.07, 6.45) is 7.28. The summed E-state index contributed by atoms with van der Waals surface area (Å²) >= 11 is 0. The van der Waals surface area contributed by atoms with E-state index < -0.39 is 0 Å². The molecule has 2 aliphatic rings. The smallest absolute Gasteiger partial charge is 0.252 e. The maximum Gasteiger partial charge on any atom is 0.252 e. The lowest BCUT2D eigenvalue weighted by Crippen LogP contribution is -2.56. The van der Waals surface area contributed by atoms with Gasteiger partial charge in [0.25, 0.3) is 5.91 Å². The van der Waals surface area contributed by atoms with Gasteiger partial charge in [0, 0.05) is 61.2 Å². The van der Waals surface area contributed by atoms with Crippen LogP contribution >= 0.6 is 0 Å². The van der Waals surface area contributed by atoms with Crippen molar-refractivity contribution in [2.75, 3.05) is 25.1 Å². The van der Waals surface area contributed by atoms with Crippen molar-refractivity contribution in [1.82, 2.24) is 30.2 Å². The molecule has 0 aromatic carbocycles. The Morgan fingerprint density at radius 2 is 1.95 bits per heavy atom. The maximum atomic E-state index is 12.0. The minimum absolute atomic E-state index is 0.125. The van der Waals surface area contributed by atoms with Crippen molar-refractivity contribution in [3.8, 4) is 16.9 Å². The number of aromatic nitrogens is 4. The zero-order valence-corrected chi connectivity index (χ0v) is 21.5. The van der Waals surface area contributed by atoms with Crippen LogP contribution in [-0.4, -0.2) is 63.4 Å². The van der Waals surface area contributed by atoms with E-state index >= 15 is 0 Å². The van der Waals surface area contributed by atoms with Gasteiger partial charge in [-0.05, 0) is 49.7 Å². The van der Waals surface area contributed by atoms with Crippen LogP contribution in [0.1, 0.15) is 35.8 Å². The van der Waals surface area contributed by atoms with Crippen LogP contribution in [0.25, 0.3) is 16.6 Å². The third-order valence-electron chi connectivity index (χ3n) is 6.90. The number of anilines is 2. The van der Waals surface area contributed by atoms with Gasteiger partial charge in [-0.15, -0.1) is 0 Å². The lowest BCUT2D eigenvalue weighted by atomic mass is 9.94. The summed E-state index contributed by atoms with van der Waals surface area (Å²) in [6.45, 7) is 5.91. The lowest BCUT2D eigenvalue weighted by Gasteiger charge is -2.40. The van der Waals surface area contributed by atoms with E-state index in [9.17, 15) is 4.79 Å². The highest BCUT2D eigenvalue weighted by molar-refractivity contribution is 5.94. The van der Waals surface area contributed by atoms with Gasteiger partial charge < -0.3 is 25.4 Å². The first-order valence-electron chi connectivity index (χ1n) is 13.0. The standard InChI is InChI=1S/C28H31N7O3/c1-3-29-28(36)19-4-5-26(31-13-19)33-27-12-22-9-18(6-7-35(22)34-27)24-8-17(2)30-14-25(24)38-23-10-20-15-37-16-21(11-23)32-20/h4-9,12-14,20-21,23,32H,3,10-11,15-16H2,1-2H3,(H,29,36)(H,31,33,34)/t20-,21+,23-.